The van der Waals surface area contributed by atoms with Gasteiger partial charge in [0, 0.05) is 12.1 Å². The molecule has 3 nitrogen and oxygen atoms in total. The van der Waals surface area contributed by atoms with E-state index in [-0.39, 0.29) is 0 Å². The lowest BCUT2D eigenvalue weighted by Gasteiger charge is -2.25. The topological polar surface area (TPSA) is 36.6 Å². The van der Waals surface area contributed by atoms with E-state index in [9.17, 15) is 5.11 Å². The molecule has 0 aliphatic carbocycles. The lowest BCUT2D eigenvalue weighted by atomic mass is 9.89. The molecule has 0 spiro atoms. The molecule has 0 saturated carbocycles. The fourth-order valence-corrected chi connectivity index (χ4v) is 2.53. The van der Waals surface area contributed by atoms with Crippen LogP contribution in [0.5, 0.6) is 0 Å². The van der Waals surface area contributed by atoms with E-state index >= 15 is 0 Å². The first-order valence-corrected chi connectivity index (χ1v) is 6.22. The summed E-state index contributed by atoms with van der Waals surface area (Å²) in [6.45, 7) is 5.43. The Hall–Kier alpha value is -0.800. The first kappa shape index (κ1) is 11.7. The molecule has 90 valence electrons. The molecule has 1 aromatic rings. The van der Waals surface area contributed by atoms with Crippen molar-refractivity contribution in [3.63, 3.8) is 0 Å². The summed E-state index contributed by atoms with van der Waals surface area (Å²) in [4.78, 5) is 2.44. The first-order valence-electron chi connectivity index (χ1n) is 6.22. The third kappa shape index (κ3) is 2.47. The number of likely N-dealkylation sites (tertiary alicyclic amines) is 1. The van der Waals surface area contributed by atoms with Gasteiger partial charge in [-0.2, -0.15) is 0 Å². The third-order valence-electron chi connectivity index (χ3n) is 3.50. The summed E-state index contributed by atoms with van der Waals surface area (Å²) in [7, 11) is 0. The van der Waals surface area contributed by atoms with Crippen molar-refractivity contribution in [3.05, 3.63) is 24.2 Å². The monoisotopic (exact) mass is 223 g/mol. The van der Waals surface area contributed by atoms with Gasteiger partial charge in [-0.15, -0.1) is 0 Å². The highest BCUT2D eigenvalue weighted by atomic mass is 16.3. The zero-order valence-electron chi connectivity index (χ0n) is 9.98. The minimum absolute atomic E-state index is 0.671. The molecule has 1 N–H and O–H groups in total. The van der Waals surface area contributed by atoms with Crippen LogP contribution in [0.2, 0.25) is 0 Å². The van der Waals surface area contributed by atoms with Crippen molar-refractivity contribution in [3.8, 4) is 0 Å². The maximum atomic E-state index is 10.6. The van der Waals surface area contributed by atoms with Gasteiger partial charge in [0.05, 0.1) is 18.1 Å². The van der Waals surface area contributed by atoms with Crippen LogP contribution >= 0.6 is 0 Å². The van der Waals surface area contributed by atoms with Crippen LogP contribution in [-0.2, 0) is 5.60 Å². The van der Waals surface area contributed by atoms with Crippen LogP contribution in [0.25, 0.3) is 0 Å². The van der Waals surface area contributed by atoms with Gasteiger partial charge in [-0.1, -0.05) is 6.92 Å². The van der Waals surface area contributed by atoms with Crippen LogP contribution in [0.15, 0.2) is 23.0 Å². The third-order valence-corrected chi connectivity index (χ3v) is 3.50. The summed E-state index contributed by atoms with van der Waals surface area (Å²) in [5, 5.41) is 10.6. The normalized spacial score (nSPS) is 27.9. The van der Waals surface area contributed by atoms with Crippen LogP contribution in [0.4, 0.5) is 0 Å². The zero-order chi connectivity index (χ0) is 11.4. The van der Waals surface area contributed by atoms with Crippen LogP contribution in [0, 0.1) is 0 Å². The average Bonchev–Trinajstić information content (AvgIpc) is 2.74. The Morgan fingerprint density at radius 1 is 1.44 bits per heavy atom. The van der Waals surface area contributed by atoms with Crippen molar-refractivity contribution in [1.82, 2.24) is 4.90 Å². The van der Waals surface area contributed by atoms with E-state index in [2.05, 4.69) is 11.8 Å². The summed E-state index contributed by atoms with van der Waals surface area (Å²) >= 11 is 0. The van der Waals surface area contributed by atoms with Crippen molar-refractivity contribution >= 4 is 0 Å². The molecule has 16 heavy (non-hydrogen) atoms. The highest BCUT2D eigenvalue weighted by Crippen LogP contribution is 2.32. The number of rotatable bonds is 3. The Labute approximate surface area is 97.1 Å². The molecule has 2 rings (SSSR count). The van der Waals surface area contributed by atoms with E-state index in [4.69, 9.17) is 4.42 Å². The quantitative estimate of drug-likeness (QED) is 0.854. The first-order chi connectivity index (χ1) is 7.74. The number of aliphatic hydroxyl groups is 1. The van der Waals surface area contributed by atoms with E-state index in [1.54, 1.807) is 12.5 Å². The molecule has 0 aromatic carbocycles. The highest BCUT2D eigenvalue weighted by molar-refractivity contribution is 5.16. The fourth-order valence-electron chi connectivity index (χ4n) is 2.53. The summed E-state index contributed by atoms with van der Waals surface area (Å²) in [5.74, 6) is 0. The number of hydrogen-bond acceptors (Lipinski definition) is 3. The summed E-state index contributed by atoms with van der Waals surface area (Å²) in [5.41, 5.74) is 0.265. The molecule has 1 saturated heterocycles. The summed E-state index contributed by atoms with van der Waals surface area (Å²) in [6.07, 6.45) is 7.21. The molecule has 1 fully saturated rings. The van der Waals surface area contributed by atoms with Crippen molar-refractivity contribution in [2.45, 2.75) is 38.2 Å². The van der Waals surface area contributed by atoms with Gasteiger partial charge in [0.25, 0.3) is 0 Å². The zero-order valence-corrected chi connectivity index (χ0v) is 9.98. The van der Waals surface area contributed by atoms with Crippen LogP contribution < -0.4 is 0 Å². The van der Waals surface area contributed by atoms with Gasteiger partial charge in [-0.3, -0.25) is 0 Å². The Bertz CT molecular complexity index is 310. The van der Waals surface area contributed by atoms with E-state index < -0.39 is 5.60 Å². The summed E-state index contributed by atoms with van der Waals surface area (Å²) in [6, 6.07) is 1.88. The molecule has 1 aliphatic rings. The SMILES string of the molecule is CCCN1CCCC(O)(c2ccoc2)CC1. The Morgan fingerprint density at radius 2 is 2.31 bits per heavy atom. The highest BCUT2D eigenvalue weighted by Gasteiger charge is 2.32. The number of nitrogens with zero attached hydrogens (tertiary/aromatic N) is 1. The minimum atomic E-state index is -0.671. The molecule has 1 aliphatic heterocycles. The number of furan rings is 1. The van der Waals surface area contributed by atoms with Gasteiger partial charge in [0.2, 0.25) is 0 Å². The molecule has 1 unspecified atom stereocenters. The molecular formula is C13H21NO2. The molecule has 2 heterocycles. The van der Waals surface area contributed by atoms with Crippen molar-refractivity contribution in [2.75, 3.05) is 19.6 Å². The maximum absolute atomic E-state index is 10.6. The predicted octanol–water partition coefficient (Wildman–Crippen LogP) is 2.36. The molecule has 0 amide bonds. The van der Waals surface area contributed by atoms with Gasteiger partial charge >= 0.3 is 0 Å². The van der Waals surface area contributed by atoms with Crippen LogP contribution in [0.1, 0.15) is 38.2 Å². The van der Waals surface area contributed by atoms with Gasteiger partial charge in [-0.05, 0) is 44.8 Å². The Balaban J connectivity index is 2.02. The lowest BCUT2D eigenvalue weighted by Crippen LogP contribution is -2.29. The molecular weight excluding hydrogens is 202 g/mol. The minimum Gasteiger partial charge on any atom is -0.472 e. The molecule has 3 heteroatoms. The van der Waals surface area contributed by atoms with Crippen LogP contribution in [0.3, 0.4) is 0 Å². The molecule has 0 bridgehead atoms. The van der Waals surface area contributed by atoms with E-state index in [0.29, 0.717) is 0 Å². The van der Waals surface area contributed by atoms with Crippen molar-refractivity contribution in [2.24, 2.45) is 0 Å². The molecule has 1 atom stereocenters. The van der Waals surface area contributed by atoms with Crippen LogP contribution in [-0.4, -0.2) is 29.6 Å². The van der Waals surface area contributed by atoms with E-state index in [1.165, 1.54) is 6.42 Å². The largest absolute Gasteiger partial charge is 0.472 e. The maximum Gasteiger partial charge on any atom is 0.0963 e. The van der Waals surface area contributed by atoms with E-state index in [0.717, 1.165) is 44.5 Å². The average molecular weight is 223 g/mol. The predicted molar refractivity (Wildman–Crippen MR) is 63.2 cm³/mol. The van der Waals surface area contributed by atoms with Gasteiger partial charge in [0.15, 0.2) is 0 Å². The smallest absolute Gasteiger partial charge is 0.0963 e. The number of hydrogen-bond donors (Lipinski definition) is 1. The second kappa shape index (κ2) is 5.02. The fraction of sp³-hybridized carbons (Fsp3) is 0.692. The Kier molecular flexibility index (Phi) is 3.66. The second-order valence-corrected chi connectivity index (χ2v) is 4.74. The second-order valence-electron chi connectivity index (χ2n) is 4.74. The van der Waals surface area contributed by atoms with Gasteiger partial charge in [0.1, 0.15) is 0 Å². The van der Waals surface area contributed by atoms with Crippen molar-refractivity contribution in [1.29, 1.82) is 0 Å². The van der Waals surface area contributed by atoms with Gasteiger partial charge < -0.3 is 14.4 Å². The van der Waals surface area contributed by atoms with Gasteiger partial charge in [-0.25, -0.2) is 0 Å². The molecule has 1 aromatic heterocycles. The Morgan fingerprint density at radius 3 is 3.00 bits per heavy atom. The van der Waals surface area contributed by atoms with Crippen molar-refractivity contribution < 1.29 is 9.52 Å². The van der Waals surface area contributed by atoms with E-state index in [1.807, 2.05) is 6.07 Å². The standard InChI is InChI=1S/C13H21NO2/c1-2-7-14-8-3-5-13(15,6-9-14)12-4-10-16-11-12/h4,10-11,15H,2-3,5-9H2,1H3. The molecule has 0 radical (unpaired) electrons. The lowest BCUT2D eigenvalue weighted by molar-refractivity contribution is 0.0207. The summed E-state index contributed by atoms with van der Waals surface area (Å²) < 4.78 is 5.07.